The second kappa shape index (κ2) is 3.46. The van der Waals surface area contributed by atoms with Crippen molar-refractivity contribution in [1.82, 2.24) is 5.32 Å². The Bertz CT molecular complexity index is 306. The molecule has 2 rings (SSSR count). The summed E-state index contributed by atoms with van der Waals surface area (Å²) in [6.45, 7) is 11.6. The molecule has 0 aromatic rings. The van der Waals surface area contributed by atoms with Crippen molar-refractivity contribution in [2.75, 3.05) is 6.61 Å². The number of ether oxygens (including phenoxy) is 1. The maximum atomic E-state index is 12.4. The van der Waals surface area contributed by atoms with Crippen LogP contribution in [-0.4, -0.2) is 18.7 Å². The van der Waals surface area contributed by atoms with E-state index in [4.69, 9.17) is 4.74 Å². The minimum atomic E-state index is -0.284. The Morgan fingerprint density at radius 3 is 2.56 bits per heavy atom. The van der Waals surface area contributed by atoms with Gasteiger partial charge in [-0.3, -0.25) is 4.79 Å². The molecule has 2 aliphatic heterocycles. The highest BCUT2D eigenvalue weighted by Crippen LogP contribution is 2.57. The number of rotatable bonds is 1. The maximum Gasteiger partial charge on any atom is 0.229 e. The molecule has 2 heterocycles. The third-order valence-electron chi connectivity index (χ3n) is 4.48. The van der Waals surface area contributed by atoms with Crippen molar-refractivity contribution in [2.45, 2.75) is 47.3 Å². The molecule has 92 valence electrons. The minimum Gasteiger partial charge on any atom is -0.358 e. The fourth-order valence-electron chi connectivity index (χ4n) is 4.07. The first kappa shape index (κ1) is 11.9. The summed E-state index contributed by atoms with van der Waals surface area (Å²) in [5.41, 5.74) is -0.313. The first-order valence-corrected chi connectivity index (χ1v) is 6.24. The molecule has 2 fully saturated rings. The van der Waals surface area contributed by atoms with Crippen LogP contribution in [0.2, 0.25) is 0 Å². The van der Waals surface area contributed by atoms with Crippen molar-refractivity contribution in [2.24, 2.45) is 22.7 Å². The van der Waals surface area contributed by atoms with E-state index in [-0.39, 0.29) is 23.0 Å². The zero-order valence-electron chi connectivity index (χ0n) is 11.0. The molecule has 3 unspecified atom stereocenters. The Morgan fingerprint density at radius 2 is 2.06 bits per heavy atom. The summed E-state index contributed by atoms with van der Waals surface area (Å²) in [6, 6.07) is 0. The van der Waals surface area contributed by atoms with Gasteiger partial charge in [-0.05, 0) is 17.8 Å². The van der Waals surface area contributed by atoms with E-state index in [0.29, 0.717) is 11.8 Å². The molecule has 2 aliphatic rings. The standard InChI is InChI=1S/C13H23NO2/c1-8(2)13(12(3,4)5)9-6-7-16-10(9)14-11(13)15/h8-10H,6-7H2,1-5H3,(H,14,15). The van der Waals surface area contributed by atoms with Gasteiger partial charge < -0.3 is 10.1 Å². The molecule has 1 N–H and O–H groups in total. The Balaban J connectivity index is 2.49. The highest BCUT2D eigenvalue weighted by Gasteiger charge is 2.63. The molecular formula is C13H23NO2. The largest absolute Gasteiger partial charge is 0.358 e. The molecule has 0 aromatic carbocycles. The van der Waals surface area contributed by atoms with Gasteiger partial charge >= 0.3 is 0 Å². The fraction of sp³-hybridized carbons (Fsp3) is 0.923. The van der Waals surface area contributed by atoms with Crippen molar-refractivity contribution in [3.05, 3.63) is 0 Å². The highest BCUT2D eigenvalue weighted by atomic mass is 16.5. The third kappa shape index (κ3) is 1.27. The zero-order valence-corrected chi connectivity index (χ0v) is 11.0. The maximum absolute atomic E-state index is 12.4. The number of nitrogens with one attached hydrogen (secondary N) is 1. The van der Waals surface area contributed by atoms with E-state index < -0.39 is 0 Å². The van der Waals surface area contributed by atoms with Crippen LogP contribution in [-0.2, 0) is 9.53 Å². The number of amides is 1. The van der Waals surface area contributed by atoms with Gasteiger partial charge in [0.1, 0.15) is 6.23 Å². The van der Waals surface area contributed by atoms with Crippen LogP contribution in [0.4, 0.5) is 0 Å². The van der Waals surface area contributed by atoms with Crippen molar-refractivity contribution in [3.63, 3.8) is 0 Å². The Kier molecular flexibility index (Phi) is 2.57. The second-order valence-electron chi connectivity index (χ2n) is 6.43. The minimum absolute atomic E-state index is 0.0294. The molecule has 0 saturated carbocycles. The lowest BCUT2D eigenvalue weighted by molar-refractivity contribution is -0.140. The number of hydrogen-bond donors (Lipinski definition) is 1. The first-order chi connectivity index (χ1) is 7.31. The molecule has 3 atom stereocenters. The van der Waals surface area contributed by atoms with Crippen LogP contribution in [0.5, 0.6) is 0 Å². The Morgan fingerprint density at radius 1 is 1.44 bits per heavy atom. The van der Waals surface area contributed by atoms with E-state index in [1.807, 2.05) is 0 Å². The van der Waals surface area contributed by atoms with Crippen molar-refractivity contribution < 1.29 is 9.53 Å². The van der Waals surface area contributed by atoms with Crippen LogP contribution in [0.25, 0.3) is 0 Å². The molecule has 16 heavy (non-hydrogen) atoms. The van der Waals surface area contributed by atoms with Crippen molar-refractivity contribution >= 4 is 5.91 Å². The van der Waals surface area contributed by atoms with E-state index in [1.165, 1.54) is 0 Å². The summed E-state index contributed by atoms with van der Waals surface area (Å²) in [4.78, 5) is 12.4. The van der Waals surface area contributed by atoms with E-state index >= 15 is 0 Å². The van der Waals surface area contributed by atoms with Gasteiger partial charge in [-0.1, -0.05) is 34.6 Å². The van der Waals surface area contributed by atoms with Crippen molar-refractivity contribution in [3.8, 4) is 0 Å². The van der Waals surface area contributed by atoms with Crippen LogP contribution in [0.1, 0.15) is 41.0 Å². The van der Waals surface area contributed by atoms with Crippen LogP contribution in [0.3, 0.4) is 0 Å². The van der Waals surface area contributed by atoms with Gasteiger partial charge in [0.2, 0.25) is 5.91 Å². The van der Waals surface area contributed by atoms with E-state index in [9.17, 15) is 4.79 Å². The summed E-state index contributed by atoms with van der Waals surface area (Å²) in [5.74, 6) is 0.855. The monoisotopic (exact) mass is 225 g/mol. The lowest BCUT2D eigenvalue weighted by atomic mass is 9.55. The van der Waals surface area contributed by atoms with Crippen LogP contribution < -0.4 is 5.32 Å². The number of carbonyl (C=O) groups excluding carboxylic acids is 1. The molecule has 1 amide bonds. The van der Waals surface area contributed by atoms with E-state index in [0.717, 1.165) is 13.0 Å². The smallest absolute Gasteiger partial charge is 0.229 e. The quantitative estimate of drug-likeness (QED) is 0.742. The topological polar surface area (TPSA) is 38.3 Å². The van der Waals surface area contributed by atoms with E-state index in [2.05, 4.69) is 39.9 Å². The molecule has 3 nitrogen and oxygen atoms in total. The predicted molar refractivity (Wildman–Crippen MR) is 62.7 cm³/mol. The second-order valence-corrected chi connectivity index (χ2v) is 6.43. The van der Waals surface area contributed by atoms with Gasteiger partial charge in [-0.15, -0.1) is 0 Å². The number of hydrogen-bond acceptors (Lipinski definition) is 2. The lowest BCUT2D eigenvalue weighted by Gasteiger charge is -2.46. The molecule has 0 radical (unpaired) electrons. The van der Waals surface area contributed by atoms with E-state index in [1.54, 1.807) is 0 Å². The van der Waals surface area contributed by atoms with Gasteiger partial charge in [-0.25, -0.2) is 0 Å². The van der Waals surface area contributed by atoms with Gasteiger partial charge in [0.15, 0.2) is 0 Å². The summed E-state index contributed by atoms with van der Waals surface area (Å²) >= 11 is 0. The molecule has 0 bridgehead atoms. The number of carbonyl (C=O) groups is 1. The molecule has 0 spiro atoms. The van der Waals surface area contributed by atoms with Crippen LogP contribution in [0.15, 0.2) is 0 Å². The zero-order chi connectivity index (χ0) is 12.1. The van der Waals surface area contributed by atoms with Gasteiger partial charge in [-0.2, -0.15) is 0 Å². The molecule has 3 heteroatoms. The van der Waals surface area contributed by atoms with Crippen LogP contribution >= 0.6 is 0 Å². The van der Waals surface area contributed by atoms with Gasteiger partial charge in [0, 0.05) is 12.5 Å². The summed E-state index contributed by atoms with van der Waals surface area (Å²) in [5, 5.41) is 3.03. The SMILES string of the molecule is CC(C)C1(C(C)(C)C)C(=O)NC2OCCC21. The van der Waals surface area contributed by atoms with Gasteiger partial charge in [0.05, 0.1) is 5.41 Å². The normalized spacial score (nSPS) is 39.0. The summed E-state index contributed by atoms with van der Waals surface area (Å²) < 4.78 is 5.62. The van der Waals surface area contributed by atoms with Gasteiger partial charge in [0.25, 0.3) is 0 Å². The lowest BCUT2D eigenvalue weighted by Crippen LogP contribution is -2.50. The average molecular weight is 225 g/mol. The molecule has 0 aromatic heterocycles. The predicted octanol–water partition coefficient (Wildman–Crippen LogP) is 2.17. The Hall–Kier alpha value is -0.570. The number of fused-ring (bicyclic) bond motifs is 1. The first-order valence-electron chi connectivity index (χ1n) is 6.24. The Labute approximate surface area is 97.9 Å². The summed E-state index contributed by atoms with van der Waals surface area (Å²) in [6.07, 6.45) is 0.952. The molecule has 2 saturated heterocycles. The fourth-order valence-corrected chi connectivity index (χ4v) is 4.07. The summed E-state index contributed by atoms with van der Waals surface area (Å²) in [7, 11) is 0. The third-order valence-corrected chi connectivity index (χ3v) is 4.48. The van der Waals surface area contributed by atoms with Crippen molar-refractivity contribution in [1.29, 1.82) is 0 Å². The molecular weight excluding hydrogens is 202 g/mol. The average Bonchev–Trinajstić information content (AvgIpc) is 2.58. The van der Waals surface area contributed by atoms with Crippen LogP contribution in [0, 0.1) is 22.7 Å². The highest BCUT2D eigenvalue weighted by molar-refractivity contribution is 5.87. The molecule has 0 aliphatic carbocycles.